The zero-order chi connectivity index (χ0) is 9.40. The SMILES string of the molecule is CCOCCOC(=O)[C@@H](N)CC. The van der Waals surface area contributed by atoms with Crippen molar-refractivity contribution in [1.82, 2.24) is 0 Å². The van der Waals surface area contributed by atoms with Crippen LogP contribution < -0.4 is 5.73 Å². The predicted molar refractivity (Wildman–Crippen MR) is 45.7 cm³/mol. The highest BCUT2D eigenvalue weighted by atomic mass is 16.6. The lowest BCUT2D eigenvalue weighted by atomic mass is 10.2. The molecule has 0 aliphatic heterocycles. The minimum absolute atomic E-state index is 0.292. The van der Waals surface area contributed by atoms with Gasteiger partial charge in [0.05, 0.1) is 6.61 Å². The van der Waals surface area contributed by atoms with Crippen LogP contribution in [0.25, 0.3) is 0 Å². The molecule has 0 heterocycles. The third kappa shape index (κ3) is 5.09. The summed E-state index contributed by atoms with van der Waals surface area (Å²) in [6.45, 7) is 5.10. The maximum absolute atomic E-state index is 10.9. The van der Waals surface area contributed by atoms with Gasteiger partial charge in [-0.25, -0.2) is 0 Å². The summed E-state index contributed by atoms with van der Waals surface area (Å²) in [6, 6.07) is -0.494. The third-order valence-corrected chi connectivity index (χ3v) is 1.42. The summed E-state index contributed by atoms with van der Waals surface area (Å²) in [4.78, 5) is 10.9. The van der Waals surface area contributed by atoms with Gasteiger partial charge >= 0.3 is 5.97 Å². The standard InChI is InChI=1S/C8H17NO3/c1-3-7(9)8(10)12-6-5-11-4-2/h7H,3-6,9H2,1-2H3/t7-/m0/s1. The van der Waals surface area contributed by atoms with Gasteiger partial charge in [0.15, 0.2) is 0 Å². The second kappa shape index (κ2) is 7.06. The lowest BCUT2D eigenvalue weighted by Crippen LogP contribution is -2.32. The number of nitrogens with two attached hydrogens (primary N) is 1. The van der Waals surface area contributed by atoms with Crippen LogP contribution in [0.5, 0.6) is 0 Å². The average molecular weight is 175 g/mol. The zero-order valence-electron chi connectivity index (χ0n) is 7.71. The molecule has 0 spiro atoms. The first-order chi connectivity index (χ1) is 5.72. The quantitative estimate of drug-likeness (QED) is 0.466. The molecule has 0 aromatic carbocycles. The summed E-state index contributed by atoms with van der Waals surface area (Å²) in [6.07, 6.45) is 0.605. The van der Waals surface area contributed by atoms with Crippen LogP contribution in [0.1, 0.15) is 20.3 Å². The maximum atomic E-state index is 10.9. The van der Waals surface area contributed by atoms with Gasteiger partial charge < -0.3 is 15.2 Å². The van der Waals surface area contributed by atoms with Gasteiger partial charge in [0.25, 0.3) is 0 Å². The van der Waals surface area contributed by atoms with Gasteiger partial charge in [-0.3, -0.25) is 4.79 Å². The van der Waals surface area contributed by atoms with E-state index in [4.69, 9.17) is 15.2 Å². The van der Waals surface area contributed by atoms with E-state index in [1.165, 1.54) is 0 Å². The predicted octanol–water partition coefficient (Wildman–Crippen LogP) is 0.303. The molecule has 0 saturated heterocycles. The van der Waals surface area contributed by atoms with E-state index in [0.717, 1.165) is 0 Å². The molecular formula is C8H17NO3. The number of hydrogen-bond acceptors (Lipinski definition) is 4. The Morgan fingerprint density at radius 3 is 2.58 bits per heavy atom. The Labute approximate surface area is 73.0 Å². The fourth-order valence-electron chi connectivity index (χ4n) is 0.619. The summed E-state index contributed by atoms with van der Waals surface area (Å²) in [5.74, 6) is -0.350. The van der Waals surface area contributed by atoms with E-state index in [1.54, 1.807) is 0 Å². The molecule has 4 nitrogen and oxygen atoms in total. The summed E-state index contributed by atoms with van der Waals surface area (Å²) in [5, 5.41) is 0. The molecule has 0 fully saturated rings. The number of carbonyl (C=O) groups is 1. The van der Waals surface area contributed by atoms with Crippen molar-refractivity contribution < 1.29 is 14.3 Å². The van der Waals surface area contributed by atoms with E-state index in [-0.39, 0.29) is 5.97 Å². The van der Waals surface area contributed by atoms with Crippen molar-refractivity contribution in [3.05, 3.63) is 0 Å². The number of carbonyl (C=O) groups excluding carboxylic acids is 1. The highest BCUT2D eigenvalue weighted by Gasteiger charge is 2.11. The summed E-state index contributed by atoms with van der Waals surface area (Å²) >= 11 is 0. The van der Waals surface area contributed by atoms with E-state index < -0.39 is 6.04 Å². The van der Waals surface area contributed by atoms with Crippen LogP contribution in [-0.2, 0) is 14.3 Å². The van der Waals surface area contributed by atoms with Crippen LogP contribution in [-0.4, -0.2) is 31.8 Å². The Kier molecular flexibility index (Phi) is 6.70. The Morgan fingerprint density at radius 2 is 2.08 bits per heavy atom. The Hall–Kier alpha value is -0.610. The van der Waals surface area contributed by atoms with Gasteiger partial charge in [-0.1, -0.05) is 6.92 Å². The van der Waals surface area contributed by atoms with Crippen LogP contribution in [0.15, 0.2) is 0 Å². The van der Waals surface area contributed by atoms with Crippen LogP contribution in [0.4, 0.5) is 0 Å². The molecule has 0 saturated carbocycles. The van der Waals surface area contributed by atoms with Crippen molar-refractivity contribution in [3.8, 4) is 0 Å². The van der Waals surface area contributed by atoms with Crippen LogP contribution in [0.2, 0.25) is 0 Å². The number of rotatable bonds is 6. The fraction of sp³-hybridized carbons (Fsp3) is 0.875. The van der Waals surface area contributed by atoms with Crippen molar-refractivity contribution >= 4 is 5.97 Å². The Morgan fingerprint density at radius 1 is 1.42 bits per heavy atom. The van der Waals surface area contributed by atoms with Crippen molar-refractivity contribution in [2.24, 2.45) is 5.73 Å². The molecule has 0 amide bonds. The van der Waals surface area contributed by atoms with E-state index in [2.05, 4.69) is 0 Å². The van der Waals surface area contributed by atoms with E-state index >= 15 is 0 Å². The molecule has 0 unspecified atom stereocenters. The lowest BCUT2D eigenvalue weighted by Gasteiger charge is -2.08. The Balaban J connectivity index is 3.31. The molecule has 4 heteroatoms. The van der Waals surface area contributed by atoms with E-state index in [1.807, 2.05) is 13.8 Å². The van der Waals surface area contributed by atoms with E-state index in [9.17, 15) is 4.79 Å². The Bertz CT molecular complexity index is 127. The van der Waals surface area contributed by atoms with Gasteiger partial charge in [-0.05, 0) is 13.3 Å². The lowest BCUT2D eigenvalue weighted by molar-refractivity contribution is -0.146. The average Bonchev–Trinajstić information content (AvgIpc) is 2.10. The van der Waals surface area contributed by atoms with Crippen LogP contribution >= 0.6 is 0 Å². The number of esters is 1. The van der Waals surface area contributed by atoms with Crippen molar-refractivity contribution in [3.63, 3.8) is 0 Å². The normalized spacial score (nSPS) is 12.6. The first-order valence-corrected chi connectivity index (χ1v) is 4.22. The highest BCUT2D eigenvalue weighted by Crippen LogP contribution is 1.90. The highest BCUT2D eigenvalue weighted by molar-refractivity contribution is 5.75. The summed E-state index contributed by atoms with van der Waals surface area (Å²) in [5.41, 5.74) is 5.42. The fourth-order valence-corrected chi connectivity index (χ4v) is 0.619. The zero-order valence-corrected chi connectivity index (χ0v) is 7.71. The monoisotopic (exact) mass is 175 g/mol. The van der Waals surface area contributed by atoms with Crippen molar-refractivity contribution in [2.45, 2.75) is 26.3 Å². The molecule has 0 aromatic heterocycles. The maximum Gasteiger partial charge on any atom is 0.322 e. The van der Waals surface area contributed by atoms with Gasteiger partial charge in [0, 0.05) is 6.61 Å². The topological polar surface area (TPSA) is 61.5 Å². The van der Waals surface area contributed by atoms with Gasteiger partial charge in [0.1, 0.15) is 12.6 Å². The van der Waals surface area contributed by atoms with Gasteiger partial charge in [0.2, 0.25) is 0 Å². The molecule has 2 N–H and O–H groups in total. The summed E-state index contributed by atoms with van der Waals surface area (Å²) in [7, 11) is 0. The molecular weight excluding hydrogens is 158 g/mol. The molecule has 1 atom stereocenters. The molecule has 0 rings (SSSR count). The smallest absolute Gasteiger partial charge is 0.322 e. The van der Waals surface area contributed by atoms with Gasteiger partial charge in [-0.2, -0.15) is 0 Å². The first-order valence-electron chi connectivity index (χ1n) is 4.22. The minimum atomic E-state index is -0.494. The molecule has 0 bridgehead atoms. The molecule has 0 aliphatic rings. The molecule has 0 aliphatic carbocycles. The van der Waals surface area contributed by atoms with Gasteiger partial charge in [-0.15, -0.1) is 0 Å². The second-order valence-corrected chi connectivity index (χ2v) is 2.38. The van der Waals surface area contributed by atoms with E-state index in [0.29, 0.717) is 26.2 Å². The second-order valence-electron chi connectivity index (χ2n) is 2.38. The largest absolute Gasteiger partial charge is 0.462 e. The molecule has 12 heavy (non-hydrogen) atoms. The van der Waals surface area contributed by atoms with Crippen LogP contribution in [0, 0.1) is 0 Å². The molecule has 0 aromatic rings. The molecule has 72 valence electrons. The summed E-state index contributed by atoms with van der Waals surface area (Å²) < 4.78 is 9.79. The first kappa shape index (κ1) is 11.4. The molecule has 0 radical (unpaired) electrons. The third-order valence-electron chi connectivity index (χ3n) is 1.42. The van der Waals surface area contributed by atoms with Crippen molar-refractivity contribution in [2.75, 3.05) is 19.8 Å². The van der Waals surface area contributed by atoms with Crippen molar-refractivity contribution in [1.29, 1.82) is 0 Å². The minimum Gasteiger partial charge on any atom is -0.462 e. The number of ether oxygens (including phenoxy) is 2. The number of hydrogen-bond donors (Lipinski definition) is 1. The van der Waals surface area contributed by atoms with Crippen LogP contribution in [0.3, 0.4) is 0 Å².